The summed E-state index contributed by atoms with van der Waals surface area (Å²) in [6.45, 7) is 4.85. The van der Waals surface area contributed by atoms with Crippen molar-refractivity contribution in [2.24, 2.45) is 0 Å². The number of benzene rings is 1. The highest BCUT2D eigenvalue weighted by Gasteiger charge is 2.34. The molecule has 33 heavy (non-hydrogen) atoms. The number of methoxy groups -OCH3 is 1. The van der Waals surface area contributed by atoms with Crippen molar-refractivity contribution in [3.63, 3.8) is 0 Å². The molecule has 6 nitrogen and oxygen atoms in total. The summed E-state index contributed by atoms with van der Waals surface area (Å²) < 4.78 is 6.99. The average Bonchev–Trinajstić information content (AvgIpc) is 3.34. The molecular formula is C25H29N3O3S2. The van der Waals surface area contributed by atoms with Crippen molar-refractivity contribution in [3.8, 4) is 0 Å². The third kappa shape index (κ3) is 4.02. The van der Waals surface area contributed by atoms with Crippen LogP contribution in [-0.4, -0.2) is 40.5 Å². The summed E-state index contributed by atoms with van der Waals surface area (Å²) in [5.74, 6) is 0.0514. The molecule has 174 valence electrons. The Balaban J connectivity index is 1.50. The molecule has 1 aliphatic carbocycles. The number of rotatable bonds is 6. The molecule has 2 aliphatic rings. The number of aryl methyl sites for hydroxylation is 2. The predicted molar refractivity (Wildman–Crippen MR) is 135 cm³/mol. The zero-order valence-electron chi connectivity index (χ0n) is 19.3. The second-order valence-electron chi connectivity index (χ2n) is 8.89. The molecule has 1 amide bonds. The van der Waals surface area contributed by atoms with Gasteiger partial charge in [-0.1, -0.05) is 30.0 Å². The number of hydrogen-bond donors (Lipinski definition) is 0. The lowest BCUT2D eigenvalue weighted by atomic mass is 9.97. The smallest absolute Gasteiger partial charge is 0.263 e. The van der Waals surface area contributed by atoms with E-state index in [0.29, 0.717) is 18.3 Å². The van der Waals surface area contributed by atoms with Crippen LogP contribution in [0.2, 0.25) is 0 Å². The largest absolute Gasteiger partial charge is 0.383 e. The lowest BCUT2D eigenvalue weighted by Crippen LogP contribution is -2.40. The quantitative estimate of drug-likeness (QED) is 0.383. The molecule has 0 unspecified atom stereocenters. The van der Waals surface area contributed by atoms with E-state index in [1.165, 1.54) is 34.2 Å². The fourth-order valence-corrected chi connectivity index (χ4v) is 7.28. The standard InChI is InChI=1S/C25H29N3O3S2/c1-15-14-17-8-4-6-10-19(17)28(15)23(29)16(2)32-25-26-22-21(24(30)27(25)12-13-31-3)18-9-5-7-11-20(18)33-22/h4,6,8,10,15-16H,5,7,9,11-14H2,1-3H3/t15-,16-/m1/s1. The van der Waals surface area contributed by atoms with Gasteiger partial charge in [0.2, 0.25) is 5.91 Å². The van der Waals surface area contributed by atoms with Crippen molar-refractivity contribution in [3.05, 3.63) is 50.6 Å². The fraction of sp³-hybridized carbons (Fsp3) is 0.480. The maximum Gasteiger partial charge on any atom is 0.263 e. The molecule has 2 atom stereocenters. The first-order chi connectivity index (χ1) is 16.0. The predicted octanol–water partition coefficient (Wildman–Crippen LogP) is 4.44. The third-order valence-corrected chi connectivity index (χ3v) is 8.90. The minimum atomic E-state index is -0.369. The number of carbonyl (C=O) groups is 1. The van der Waals surface area contributed by atoms with Crippen LogP contribution in [0.4, 0.5) is 5.69 Å². The van der Waals surface area contributed by atoms with Crippen molar-refractivity contribution in [2.45, 2.75) is 68.9 Å². The first kappa shape index (κ1) is 22.6. The van der Waals surface area contributed by atoms with Gasteiger partial charge >= 0.3 is 0 Å². The molecule has 2 aromatic heterocycles. The highest BCUT2D eigenvalue weighted by atomic mass is 32.2. The van der Waals surface area contributed by atoms with Gasteiger partial charge in [0, 0.05) is 23.7 Å². The van der Waals surface area contributed by atoms with Crippen LogP contribution in [-0.2, 0) is 35.3 Å². The van der Waals surface area contributed by atoms with E-state index >= 15 is 0 Å². The lowest BCUT2D eigenvalue weighted by molar-refractivity contribution is -0.118. The number of ether oxygens (including phenoxy) is 1. The molecule has 0 fully saturated rings. The number of hydrogen-bond acceptors (Lipinski definition) is 6. The zero-order valence-corrected chi connectivity index (χ0v) is 20.9. The van der Waals surface area contributed by atoms with Crippen molar-refractivity contribution in [1.29, 1.82) is 0 Å². The summed E-state index contributed by atoms with van der Waals surface area (Å²) in [5, 5.41) is 1.01. The van der Waals surface area contributed by atoms with E-state index in [9.17, 15) is 9.59 Å². The van der Waals surface area contributed by atoms with Crippen LogP contribution in [0.5, 0.6) is 0 Å². The highest BCUT2D eigenvalue weighted by molar-refractivity contribution is 8.00. The summed E-state index contributed by atoms with van der Waals surface area (Å²) in [4.78, 5) is 36.0. The maximum atomic E-state index is 13.6. The third-order valence-electron chi connectivity index (χ3n) is 6.63. The van der Waals surface area contributed by atoms with Gasteiger partial charge in [0.05, 0.1) is 23.8 Å². The van der Waals surface area contributed by atoms with Crippen LogP contribution < -0.4 is 10.5 Å². The summed E-state index contributed by atoms with van der Waals surface area (Å²) >= 11 is 3.03. The number of thiophene rings is 1. The van der Waals surface area contributed by atoms with Gasteiger partial charge in [0.15, 0.2) is 5.16 Å². The molecule has 0 saturated heterocycles. The summed E-state index contributed by atoms with van der Waals surface area (Å²) in [6, 6.07) is 8.22. The van der Waals surface area contributed by atoms with Crippen LogP contribution in [0.15, 0.2) is 34.2 Å². The van der Waals surface area contributed by atoms with Gasteiger partial charge in [-0.15, -0.1) is 11.3 Å². The summed E-state index contributed by atoms with van der Waals surface area (Å²) in [7, 11) is 1.63. The Morgan fingerprint density at radius 2 is 2.09 bits per heavy atom. The Morgan fingerprint density at radius 1 is 1.30 bits per heavy atom. The monoisotopic (exact) mass is 483 g/mol. The Labute approximate surface area is 202 Å². The molecule has 0 bridgehead atoms. The van der Waals surface area contributed by atoms with Gasteiger partial charge in [0.1, 0.15) is 4.83 Å². The Morgan fingerprint density at radius 3 is 2.91 bits per heavy atom. The van der Waals surface area contributed by atoms with Crippen molar-refractivity contribution < 1.29 is 9.53 Å². The van der Waals surface area contributed by atoms with E-state index < -0.39 is 0 Å². The Kier molecular flexibility index (Phi) is 6.33. The number of nitrogens with zero attached hydrogens (tertiary/aromatic N) is 3. The number of para-hydroxylation sites is 1. The minimum absolute atomic E-state index is 0.00140. The summed E-state index contributed by atoms with van der Waals surface area (Å²) in [6.07, 6.45) is 5.12. The second kappa shape index (κ2) is 9.24. The van der Waals surface area contributed by atoms with Gasteiger partial charge in [-0.25, -0.2) is 4.98 Å². The fourth-order valence-electron chi connectivity index (χ4n) is 5.00. The Bertz CT molecular complexity index is 1270. The number of aromatic nitrogens is 2. The van der Waals surface area contributed by atoms with E-state index in [-0.39, 0.29) is 22.8 Å². The first-order valence-corrected chi connectivity index (χ1v) is 13.3. The lowest BCUT2D eigenvalue weighted by Gasteiger charge is -2.26. The van der Waals surface area contributed by atoms with E-state index in [0.717, 1.165) is 41.6 Å². The molecule has 1 aliphatic heterocycles. The van der Waals surface area contributed by atoms with E-state index in [1.807, 2.05) is 30.0 Å². The maximum absolute atomic E-state index is 13.6. The molecule has 1 aromatic carbocycles. The van der Waals surface area contributed by atoms with Crippen LogP contribution >= 0.6 is 23.1 Å². The topological polar surface area (TPSA) is 64.4 Å². The van der Waals surface area contributed by atoms with Gasteiger partial charge in [-0.3, -0.25) is 14.2 Å². The van der Waals surface area contributed by atoms with Gasteiger partial charge < -0.3 is 9.64 Å². The van der Waals surface area contributed by atoms with Crippen molar-refractivity contribution >= 4 is 44.9 Å². The van der Waals surface area contributed by atoms with Crippen LogP contribution in [0.1, 0.15) is 42.7 Å². The van der Waals surface area contributed by atoms with Crippen LogP contribution in [0, 0.1) is 0 Å². The van der Waals surface area contributed by atoms with Crippen molar-refractivity contribution in [2.75, 3.05) is 18.6 Å². The molecule has 3 aromatic rings. The molecule has 0 spiro atoms. The average molecular weight is 484 g/mol. The molecule has 8 heteroatoms. The molecular weight excluding hydrogens is 454 g/mol. The minimum Gasteiger partial charge on any atom is -0.383 e. The van der Waals surface area contributed by atoms with E-state index in [1.54, 1.807) is 23.0 Å². The van der Waals surface area contributed by atoms with Crippen molar-refractivity contribution in [1.82, 2.24) is 9.55 Å². The van der Waals surface area contributed by atoms with Gasteiger partial charge in [-0.2, -0.15) is 0 Å². The molecule has 5 rings (SSSR count). The molecule has 0 saturated carbocycles. The summed E-state index contributed by atoms with van der Waals surface area (Å²) in [5.41, 5.74) is 3.39. The van der Waals surface area contributed by atoms with E-state index in [4.69, 9.17) is 9.72 Å². The zero-order chi connectivity index (χ0) is 23.1. The number of thioether (sulfide) groups is 1. The SMILES string of the molecule is COCCn1c(S[C@H](C)C(=O)N2c3ccccc3C[C@H]2C)nc2sc3c(c2c1=O)CCCC3. The molecule has 3 heterocycles. The molecule has 0 N–H and O–H groups in total. The van der Waals surface area contributed by atoms with E-state index in [2.05, 4.69) is 13.0 Å². The number of amides is 1. The van der Waals surface area contributed by atoms with Gasteiger partial charge in [-0.05, 0) is 63.1 Å². The number of carbonyl (C=O) groups excluding carboxylic acids is 1. The number of anilines is 1. The molecule has 0 radical (unpaired) electrons. The Hall–Kier alpha value is -2.16. The second-order valence-corrected chi connectivity index (χ2v) is 11.3. The first-order valence-electron chi connectivity index (χ1n) is 11.6. The number of fused-ring (bicyclic) bond motifs is 4. The van der Waals surface area contributed by atoms with Crippen LogP contribution in [0.3, 0.4) is 0 Å². The van der Waals surface area contributed by atoms with Crippen LogP contribution in [0.25, 0.3) is 10.2 Å². The van der Waals surface area contributed by atoms with Gasteiger partial charge in [0.25, 0.3) is 5.56 Å². The highest BCUT2D eigenvalue weighted by Crippen LogP contribution is 2.37. The normalized spacial score (nSPS) is 18.4.